The van der Waals surface area contributed by atoms with Crippen LogP contribution in [-0.2, 0) is 31.0 Å². The summed E-state index contributed by atoms with van der Waals surface area (Å²) in [5, 5.41) is 0. The van der Waals surface area contributed by atoms with Gasteiger partial charge >= 0.3 is 84.0 Å². The minimum atomic E-state index is -10.7. The third-order valence-corrected chi connectivity index (χ3v) is 0.351. The van der Waals surface area contributed by atoms with Crippen LogP contribution in [0.1, 0.15) is 0 Å². The van der Waals surface area contributed by atoms with Crippen LogP contribution in [-0.4, -0.2) is 0 Å². The summed E-state index contributed by atoms with van der Waals surface area (Å²) < 4.78 is 81.7. The van der Waals surface area contributed by atoms with Gasteiger partial charge in [0.15, 0.2) is 0 Å². The van der Waals surface area contributed by atoms with Gasteiger partial charge in [0.05, 0.1) is 0 Å². The number of halogens is 6. The summed E-state index contributed by atoms with van der Waals surface area (Å²) in [6.45, 7) is 13.5. The Morgan fingerprint density at radius 2 is 0.842 bits per heavy atom. The molecule has 1 aromatic rings. The van der Waals surface area contributed by atoms with Crippen molar-refractivity contribution in [3.8, 4) is 0 Å². The molecule has 0 amide bonds. The van der Waals surface area contributed by atoms with Crippen LogP contribution in [0.5, 0.6) is 0 Å². The van der Waals surface area contributed by atoms with Crippen molar-refractivity contribution in [1.82, 2.24) is 0 Å². The predicted molar refractivity (Wildman–Crippen MR) is 42.7 cm³/mol. The molecule has 11 heteroatoms. The quantitative estimate of drug-likeness (QED) is 0.225. The van der Waals surface area contributed by atoms with Crippen molar-refractivity contribution in [3.05, 3.63) is 50.3 Å². The molecule has 19 heavy (non-hydrogen) atoms. The molecular weight excluding hydrogens is 345 g/mol. The summed E-state index contributed by atoms with van der Waals surface area (Å²) in [4.78, 5) is 0. The van der Waals surface area contributed by atoms with Gasteiger partial charge < -0.3 is 30.3 Å². The van der Waals surface area contributed by atoms with E-state index >= 15 is 0 Å². The fraction of sp³-hybridized carbons (Fsp3) is 0. The summed E-state index contributed by atoms with van der Waals surface area (Å²) in [7, 11) is -10.7. The van der Waals surface area contributed by atoms with Crippen molar-refractivity contribution in [2.24, 2.45) is 0 Å². The number of hydrogen-bond acceptors (Lipinski definition) is 0. The van der Waals surface area contributed by atoms with Gasteiger partial charge in [0.25, 0.3) is 0 Å². The molecule has 0 saturated heterocycles. The second kappa shape index (κ2) is 12.1. The molecule has 0 saturated carbocycles. The first-order chi connectivity index (χ1) is 7.95. The molecule has 0 aliphatic rings. The van der Waals surface area contributed by atoms with Crippen LogP contribution in [0, 0.1) is 44.2 Å². The Balaban J connectivity index is -0.0000000482. The van der Waals surface area contributed by atoms with E-state index in [9.17, 15) is 25.2 Å². The Hall–Kier alpha value is -0.901. The molecule has 1 rings (SSSR count). The fourth-order valence-electron chi connectivity index (χ4n) is 0.180. The molecule has 0 unspecified atom stereocenters. The number of hydrogen-bond donors (Lipinski definition) is 0. The van der Waals surface area contributed by atoms with Crippen molar-refractivity contribution in [2.45, 2.75) is 0 Å². The zero-order chi connectivity index (χ0) is 15.9. The van der Waals surface area contributed by atoms with Crippen molar-refractivity contribution >= 4 is 7.81 Å². The molecule has 0 bridgehead atoms. The minimum absolute atomic E-state index is 0. The Morgan fingerprint density at radius 1 is 0.684 bits per heavy atom. The van der Waals surface area contributed by atoms with E-state index in [1.165, 1.54) is 0 Å². The van der Waals surface area contributed by atoms with Gasteiger partial charge in [0, 0.05) is 0 Å². The second-order valence-electron chi connectivity index (χ2n) is 1.64. The molecule has 3 nitrogen and oxygen atoms in total. The Kier molecular flexibility index (Phi) is 19.7. The summed E-state index contributed by atoms with van der Waals surface area (Å²) in [6, 6.07) is 12.0. The van der Waals surface area contributed by atoms with Crippen LogP contribution >= 0.6 is 7.81 Å². The summed E-state index contributed by atoms with van der Waals surface area (Å²) in [5.41, 5.74) is 0. The van der Waals surface area contributed by atoms with Gasteiger partial charge in [-0.1, -0.05) is 0 Å². The Labute approximate surface area is 115 Å². The maximum Gasteiger partial charge on any atom is 6.00 e. The van der Waals surface area contributed by atoms with Crippen LogP contribution in [0.15, 0.2) is 6.07 Å². The molecule has 0 aliphatic heterocycles. The van der Waals surface area contributed by atoms with E-state index in [0.717, 1.165) is 0 Å². The fourth-order valence-corrected chi connectivity index (χ4v) is 0.180. The van der Waals surface area contributed by atoms with E-state index in [2.05, 4.69) is 44.2 Å². The van der Waals surface area contributed by atoms with E-state index in [1.54, 1.807) is 6.07 Å². The minimum Gasteiger partial charge on any atom is -0.999 e. The molecule has 0 spiro atoms. The SMILES string of the molecule is F[P-](F)(F)(F)(F)F.[C-]#[O+].[C-]#[O+].[C-]#[O+].[Fe+6].[c-]1[c-][c-][cH-][c-]1. The van der Waals surface area contributed by atoms with E-state index in [-0.39, 0.29) is 17.1 Å². The van der Waals surface area contributed by atoms with Crippen LogP contribution in [0.4, 0.5) is 25.2 Å². The third kappa shape index (κ3) is 232. The molecule has 106 valence electrons. The van der Waals surface area contributed by atoms with Crippen molar-refractivity contribution < 1.29 is 56.2 Å². The van der Waals surface area contributed by atoms with E-state index in [4.69, 9.17) is 14.0 Å². The largest absolute Gasteiger partial charge is 6.00 e. The van der Waals surface area contributed by atoms with E-state index in [1.807, 2.05) is 0 Å². The maximum atomic E-state index is 9.87. The Bertz CT molecular complexity index is 295. The standard InChI is InChI=1S/C5H.3CO.F6P.Fe/c1-2-4-5-3-1;3*1-2;1-7(2,3,4,5)6;/h1H;;;;;/q-5;;;;-1;+6. The molecule has 0 fully saturated rings. The molecular formula is C8HF6FeO3P. The molecule has 1 aromatic carbocycles. The van der Waals surface area contributed by atoms with Gasteiger partial charge in [-0.05, 0) is 0 Å². The summed E-state index contributed by atoms with van der Waals surface area (Å²) >= 11 is 0. The molecule has 0 heterocycles. The average Bonchev–Trinajstić information content (AvgIpc) is 2.79. The summed E-state index contributed by atoms with van der Waals surface area (Å²) in [6.07, 6.45) is 0. The van der Waals surface area contributed by atoms with Crippen molar-refractivity contribution in [1.29, 1.82) is 0 Å². The van der Waals surface area contributed by atoms with E-state index in [0.29, 0.717) is 0 Å². The second-order valence-corrected chi connectivity index (χ2v) is 3.56. The first-order valence-electron chi connectivity index (χ1n) is 2.95. The van der Waals surface area contributed by atoms with Gasteiger partial charge in [0.1, 0.15) is 0 Å². The molecule has 0 aromatic heterocycles. The van der Waals surface area contributed by atoms with E-state index < -0.39 is 7.81 Å². The zero-order valence-electron chi connectivity index (χ0n) is 8.37. The average molecular weight is 346 g/mol. The smallest absolute Gasteiger partial charge is 0.999 e. The maximum absolute atomic E-state index is 10.7. The molecule has 0 atom stereocenters. The summed E-state index contributed by atoms with van der Waals surface area (Å²) in [5.74, 6) is 0. The van der Waals surface area contributed by atoms with Gasteiger partial charge in [-0.3, -0.25) is 0 Å². The molecule has 0 N–H and O–H groups in total. The molecule has 0 aliphatic carbocycles. The van der Waals surface area contributed by atoms with Crippen LogP contribution < -0.4 is 0 Å². The predicted octanol–water partition coefficient (Wildman–Crippen LogP) is 3.87. The monoisotopic (exact) mass is 346 g/mol. The first-order valence-corrected chi connectivity index (χ1v) is 4.98. The number of rotatable bonds is 0. The van der Waals surface area contributed by atoms with Gasteiger partial charge in [-0.2, -0.15) is 0 Å². The molecule has 0 radical (unpaired) electrons. The third-order valence-electron chi connectivity index (χ3n) is 0.351. The van der Waals surface area contributed by atoms with Gasteiger partial charge in [0.2, 0.25) is 0 Å². The first kappa shape index (κ1) is 30.8. The van der Waals surface area contributed by atoms with Gasteiger partial charge in [-0.15, -0.1) is 0 Å². The van der Waals surface area contributed by atoms with Crippen LogP contribution in [0.3, 0.4) is 0 Å². The normalized spacial score (nSPS) is 10.9. The van der Waals surface area contributed by atoms with Gasteiger partial charge in [-0.25, -0.2) is 0 Å². The van der Waals surface area contributed by atoms with Crippen molar-refractivity contribution in [2.75, 3.05) is 0 Å². The zero-order valence-corrected chi connectivity index (χ0v) is 10.4. The van der Waals surface area contributed by atoms with Crippen LogP contribution in [0.25, 0.3) is 0 Å². The topological polar surface area (TPSA) is 59.7 Å². The van der Waals surface area contributed by atoms with Crippen molar-refractivity contribution in [3.63, 3.8) is 0 Å². The Morgan fingerprint density at radius 3 is 0.895 bits per heavy atom. The van der Waals surface area contributed by atoms with Crippen LogP contribution in [0.2, 0.25) is 0 Å².